The second-order valence-corrected chi connectivity index (χ2v) is 5.52. The Balaban J connectivity index is 1.75. The summed E-state index contributed by atoms with van der Waals surface area (Å²) in [5.74, 6) is 0. The van der Waals surface area contributed by atoms with E-state index in [9.17, 15) is 0 Å². The summed E-state index contributed by atoms with van der Waals surface area (Å²) < 4.78 is 0. The molecule has 3 rings (SSSR count). The Kier molecular flexibility index (Phi) is 2.95. The molecule has 0 fully saturated rings. The molecule has 17 heavy (non-hydrogen) atoms. The molecule has 2 aromatic rings. The van der Waals surface area contributed by atoms with Crippen LogP contribution < -0.4 is 5.32 Å². The molecule has 1 unspecified atom stereocenters. The van der Waals surface area contributed by atoms with Crippen molar-refractivity contribution >= 4 is 11.3 Å². The van der Waals surface area contributed by atoms with Crippen molar-refractivity contribution in [3.63, 3.8) is 0 Å². The molecule has 0 aromatic carbocycles. The van der Waals surface area contributed by atoms with Gasteiger partial charge in [0.05, 0.1) is 11.7 Å². The van der Waals surface area contributed by atoms with E-state index in [1.165, 1.54) is 22.6 Å². The van der Waals surface area contributed by atoms with E-state index in [2.05, 4.69) is 40.8 Å². The van der Waals surface area contributed by atoms with Crippen molar-refractivity contribution in [2.75, 3.05) is 0 Å². The average Bonchev–Trinajstić information content (AvgIpc) is 2.98. The third-order valence-corrected chi connectivity index (χ3v) is 4.43. The largest absolute Gasteiger partial charge is 0.301 e. The lowest BCUT2D eigenvalue weighted by Gasteiger charge is -2.18. The van der Waals surface area contributed by atoms with E-state index in [1.807, 2.05) is 23.6 Å². The topological polar surface area (TPSA) is 24.9 Å². The van der Waals surface area contributed by atoms with E-state index in [-0.39, 0.29) is 0 Å². The maximum atomic E-state index is 4.52. The minimum Gasteiger partial charge on any atom is -0.301 e. The average molecular weight is 244 g/mol. The molecule has 0 radical (unpaired) electrons. The summed E-state index contributed by atoms with van der Waals surface area (Å²) in [5, 5.41) is 5.82. The molecule has 0 amide bonds. The molecule has 0 saturated heterocycles. The van der Waals surface area contributed by atoms with Gasteiger partial charge in [0.2, 0.25) is 0 Å². The standard InChI is InChI=1S/C14H16N2S/c1-10(13-5-3-9-17-13)16-12-7-6-11-4-2-8-15-14(11)12/h2-5,8-10,12,16H,6-7H2,1H3/t10-,12?/m1/s1. The highest BCUT2D eigenvalue weighted by Crippen LogP contribution is 2.31. The highest BCUT2D eigenvalue weighted by atomic mass is 32.1. The first kappa shape index (κ1) is 10.9. The maximum absolute atomic E-state index is 4.52. The van der Waals surface area contributed by atoms with Gasteiger partial charge in [0, 0.05) is 17.1 Å². The number of thiophene rings is 1. The first-order chi connectivity index (χ1) is 8.34. The van der Waals surface area contributed by atoms with Crippen LogP contribution in [-0.4, -0.2) is 4.98 Å². The quantitative estimate of drug-likeness (QED) is 0.894. The van der Waals surface area contributed by atoms with Crippen LogP contribution in [0.3, 0.4) is 0 Å². The summed E-state index contributed by atoms with van der Waals surface area (Å²) >= 11 is 1.81. The van der Waals surface area contributed by atoms with Gasteiger partial charge < -0.3 is 5.32 Å². The predicted molar refractivity (Wildman–Crippen MR) is 71.2 cm³/mol. The van der Waals surface area contributed by atoms with Gasteiger partial charge in [-0.05, 0) is 42.8 Å². The van der Waals surface area contributed by atoms with Gasteiger partial charge in [-0.15, -0.1) is 11.3 Å². The van der Waals surface area contributed by atoms with Crippen molar-refractivity contribution in [2.24, 2.45) is 0 Å². The van der Waals surface area contributed by atoms with Crippen LogP contribution in [0.15, 0.2) is 35.8 Å². The Morgan fingerprint density at radius 2 is 2.35 bits per heavy atom. The first-order valence-corrected chi connectivity index (χ1v) is 6.96. The normalized spacial score (nSPS) is 20.2. The van der Waals surface area contributed by atoms with Gasteiger partial charge in [-0.1, -0.05) is 12.1 Å². The SMILES string of the molecule is C[C@@H](NC1CCc2cccnc21)c1cccs1. The maximum Gasteiger partial charge on any atom is 0.0605 e. The summed E-state index contributed by atoms with van der Waals surface area (Å²) in [4.78, 5) is 5.91. The van der Waals surface area contributed by atoms with Crippen LogP contribution in [0.25, 0.3) is 0 Å². The van der Waals surface area contributed by atoms with Crippen molar-refractivity contribution in [1.29, 1.82) is 0 Å². The number of hydrogen-bond acceptors (Lipinski definition) is 3. The van der Waals surface area contributed by atoms with E-state index in [4.69, 9.17) is 0 Å². The van der Waals surface area contributed by atoms with Crippen LogP contribution in [0, 0.1) is 0 Å². The zero-order valence-corrected chi connectivity index (χ0v) is 10.7. The molecule has 1 aliphatic rings. The smallest absolute Gasteiger partial charge is 0.0605 e. The third-order valence-electron chi connectivity index (χ3n) is 3.38. The highest BCUT2D eigenvalue weighted by molar-refractivity contribution is 7.10. The summed E-state index contributed by atoms with van der Waals surface area (Å²) in [5.41, 5.74) is 2.65. The van der Waals surface area contributed by atoms with Crippen LogP contribution in [-0.2, 0) is 6.42 Å². The number of nitrogens with one attached hydrogen (secondary N) is 1. The molecular formula is C14H16N2S. The van der Waals surface area contributed by atoms with Crippen molar-refractivity contribution in [3.8, 4) is 0 Å². The molecule has 2 nitrogen and oxygen atoms in total. The lowest BCUT2D eigenvalue weighted by molar-refractivity contribution is 0.462. The van der Waals surface area contributed by atoms with Gasteiger partial charge in [-0.25, -0.2) is 0 Å². The van der Waals surface area contributed by atoms with Crippen molar-refractivity contribution in [3.05, 3.63) is 52.0 Å². The van der Waals surface area contributed by atoms with Crippen LogP contribution >= 0.6 is 11.3 Å². The number of hydrogen-bond donors (Lipinski definition) is 1. The van der Waals surface area contributed by atoms with Crippen molar-refractivity contribution in [1.82, 2.24) is 10.3 Å². The molecule has 3 heteroatoms. The fraction of sp³-hybridized carbons (Fsp3) is 0.357. The number of nitrogens with zero attached hydrogens (tertiary/aromatic N) is 1. The highest BCUT2D eigenvalue weighted by Gasteiger charge is 2.24. The zero-order chi connectivity index (χ0) is 11.7. The van der Waals surface area contributed by atoms with Gasteiger partial charge in [0.1, 0.15) is 0 Å². The van der Waals surface area contributed by atoms with Gasteiger partial charge in [-0.3, -0.25) is 4.98 Å². The minimum absolute atomic E-state index is 0.410. The Bertz CT molecular complexity index is 493. The number of fused-ring (bicyclic) bond motifs is 1. The second-order valence-electron chi connectivity index (χ2n) is 4.54. The monoisotopic (exact) mass is 244 g/mol. The van der Waals surface area contributed by atoms with Crippen molar-refractivity contribution < 1.29 is 0 Å². The van der Waals surface area contributed by atoms with E-state index in [0.29, 0.717) is 12.1 Å². The predicted octanol–water partition coefficient (Wildman–Crippen LogP) is 3.48. The van der Waals surface area contributed by atoms with E-state index < -0.39 is 0 Å². The number of rotatable bonds is 3. The van der Waals surface area contributed by atoms with Gasteiger partial charge in [0.25, 0.3) is 0 Å². The molecule has 0 bridgehead atoms. The first-order valence-electron chi connectivity index (χ1n) is 6.08. The van der Waals surface area contributed by atoms with E-state index in [0.717, 1.165) is 6.42 Å². The summed E-state index contributed by atoms with van der Waals surface area (Å²) in [6.45, 7) is 2.23. The fourth-order valence-corrected chi connectivity index (χ4v) is 3.24. The Labute approximate surface area is 106 Å². The number of aryl methyl sites for hydroxylation is 1. The molecular weight excluding hydrogens is 228 g/mol. The Hall–Kier alpha value is -1.19. The Morgan fingerprint density at radius 1 is 1.41 bits per heavy atom. The molecule has 0 spiro atoms. The fourth-order valence-electron chi connectivity index (χ4n) is 2.50. The minimum atomic E-state index is 0.410. The molecule has 2 heterocycles. The van der Waals surface area contributed by atoms with E-state index in [1.54, 1.807) is 0 Å². The van der Waals surface area contributed by atoms with Crippen LogP contribution in [0.4, 0.5) is 0 Å². The molecule has 0 aliphatic heterocycles. The van der Waals surface area contributed by atoms with Gasteiger partial charge >= 0.3 is 0 Å². The molecule has 1 N–H and O–H groups in total. The van der Waals surface area contributed by atoms with E-state index >= 15 is 0 Å². The summed E-state index contributed by atoms with van der Waals surface area (Å²) in [7, 11) is 0. The third kappa shape index (κ3) is 2.13. The zero-order valence-electron chi connectivity index (χ0n) is 9.89. The van der Waals surface area contributed by atoms with Crippen molar-refractivity contribution in [2.45, 2.75) is 31.8 Å². The van der Waals surface area contributed by atoms with Gasteiger partial charge in [0.15, 0.2) is 0 Å². The lowest BCUT2D eigenvalue weighted by atomic mass is 10.1. The number of pyridine rings is 1. The second kappa shape index (κ2) is 4.59. The van der Waals surface area contributed by atoms with Crippen LogP contribution in [0.2, 0.25) is 0 Å². The molecule has 1 aliphatic carbocycles. The van der Waals surface area contributed by atoms with Crippen LogP contribution in [0.1, 0.15) is 41.6 Å². The molecule has 2 atom stereocenters. The molecule has 88 valence electrons. The Morgan fingerprint density at radius 3 is 3.18 bits per heavy atom. The molecule has 0 saturated carbocycles. The van der Waals surface area contributed by atoms with Crippen LogP contribution in [0.5, 0.6) is 0 Å². The summed E-state index contributed by atoms with van der Waals surface area (Å²) in [6.07, 6.45) is 4.22. The lowest BCUT2D eigenvalue weighted by Crippen LogP contribution is -2.22. The number of aromatic nitrogens is 1. The molecule has 2 aromatic heterocycles. The summed E-state index contributed by atoms with van der Waals surface area (Å²) in [6, 6.07) is 9.36. The van der Waals surface area contributed by atoms with Gasteiger partial charge in [-0.2, -0.15) is 0 Å².